The van der Waals surface area contributed by atoms with Gasteiger partial charge in [0.1, 0.15) is 12.3 Å². The van der Waals surface area contributed by atoms with E-state index >= 15 is 0 Å². The monoisotopic (exact) mass is 527 g/mol. The van der Waals surface area contributed by atoms with E-state index in [2.05, 4.69) is 27.4 Å². The molecule has 2 N–H and O–H groups in total. The van der Waals surface area contributed by atoms with Crippen molar-refractivity contribution in [2.45, 2.75) is 64.0 Å². The minimum absolute atomic E-state index is 0.0411. The van der Waals surface area contributed by atoms with E-state index in [4.69, 9.17) is 4.74 Å². The van der Waals surface area contributed by atoms with Crippen LogP contribution in [0.4, 0.5) is 5.13 Å². The van der Waals surface area contributed by atoms with Crippen molar-refractivity contribution in [1.82, 2.24) is 20.1 Å². The molecule has 1 aliphatic heterocycles. The van der Waals surface area contributed by atoms with Gasteiger partial charge in [-0.2, -0.15) is 0 Å². The van der Waals surface area contributed by atoms with E-state index in [1.54, 1.807) is 41.7 Å². The summed E-state index contributed by atoms with van der Waals surface area (Å²) >= 11 is 1.28. The summed E-state index contributed by atoms with van der Waals surface area (Å²) in [6.45, 7) is 5.04. The lowest BCUT2D eigenvalue weighted by Gasteiger charge is -2.33. The lowest BCUT2D eigenvalue weighted by Crippen LogP contribution is -2.39. The first kappa shape index (κ1) is 27.1. The largest absolute Gasteiger partial charge is 0.497 e. The SMILES string of the molecule is COc1ccc(C(=O)N(CC(=O)Nc2nc(CC(=O)NCCCN3CCCCC3C)cs2)C2CC2)cc1. The van der Waals surface area contributed by atoms with E-state index in [-0.39, 0.29) is 36.7 Å². The maximum Gasteiger partial charge on any atom is 0.254 e. The number of likely N-dealkylation sites (tertiary alicyclic amines) is 1. The quantitative estimate of drug-likeness (QED) is 0.411. The molecule has 4 rings (SSSR count). The summed E-state index contributed by atoms with van der Waals surface area (Å²) in [4.78, 5) is 46.6. The van der Waals surface area contributed by atoms with Gasteiger partial charge in [0, 0.05) is 36.1 Å². The van der Waals surface area contributed by atoms with Crippen LogP contribution in [0.15, 0.2) is 29.6 Å². The topological polar surface area (TPSA) is 104 Å². The molecule has 1 saturated heterocycles. The third kappa shape index (κ3) is 8.00. The summed E-state index contributed by atoms with van der Waals surface area (Å²) in [7, 11) is 1.58. The molecular weight excluding hydrogens is 490 g/mol. The molecule has 1 atom stereocenters. The average Bonchev–Trinajstić information content (AvgIpc) is 3.66. The van der Waals surface area contributed by atoms with Crippen LogP contribution in [0, 0.1) is 0 Å². The van der Waals surface area contributed by atoms with Crippen LogP contribution in [0.25, 0.3) is 0 Å². The highest BCUT2D eigenvalue weighted by Gasteiger charge is 2.34. The number of piperidine rings is 1. The molecule has 0 radical (unpaired) electrons. The Morgan fingerprint density at radius 2 is 1.92 bits per heavy atom. The molecule has 3 amide bonds. The van der Waals surface area contributed by atoms with Gasteiger partial charge in [-0.25, -0.2) is 4.98 Å². The van der Waals surface area contributed by atoms with Gasteiger partial charge in [-0.05, 0) is 69.8 Å². The van der Waals surface area contributed by atoms with Crippen molar-refractivity contribution in [2.24, 2.45) is 0 Å². The minimum atomic E-state index is -0.300. The van der Waals surface area contributed by atoms with Crippen molar-refractivity contribution in [3.63, 3.8) is 0 Å². The fourth-order valence-electron chi connectivity index (χ4n) is 4.64. The Kier molecular flexibility index (Phi) is 9.51. The number of carbonyl (C=O) groups is 3. The van der Waals surface area contributed by atoms with E-state index in [0.29, 0.717) is 34.7 Å². The van der Waals surface area contributed by atoms with E-state index in [9.17, 15) is 14.4 Å². The number of aromatic nitrogens is 1. The van der Waals surface area contributed by atoms with Gasteiger partial charge in [0.25, 0.3) is 5.91 Å². The number of methoxy groups -OCH3 is 1. The van der Waals surface area contributed by atoms with Crippen LogP contribution in [0.5, 0.6) is 5.75 Å². The lowest BCUT2D eigenvalue weighted by molar-refractivity contribution is -0.120. The van der Waals surface area contributed by atoms with E-state index < -0.39 is 0 Å². The molecule has 1 aliphatic carbocycles. The molecule has 9 nitrogen and oxygen atoms in total. The number of hydrogen-bond donors (Lipinski definition) is 2. The van der Waals surface area contributed by atoms with E-state index in [1.807, 2.05) is 0 Å². The van der Waals surface area contributed by atoms with Gasteiger partial charge in [-0.3, -0.25) is 14.4 Å². The summed E-state index contributed by atoms with van der Waals surface area (Å²) in [6, 6.07) is 7.60. The highest BCUT2D eigenvalue weighted by atomic mass is 32.1. The maximum absolute atomic E-state index is 13.0. The summed E-state index contributed by atoms with van der Waals surface area (Å²) in [5.74, 6) is 0.130. The Hall–Kier alpha value is -2.98. The van der Waals surface area contributed by atoms with Crippen molar-refractivity contribution in [2.75, 3.05) is 38.6 Å². The number of anilines is 1. The highest BCUT2D eigenvalue weighted by Crippen LogP contribution is 2.28. The Bertz CT molecular complexity index is 1070. The highest BCUT2D eigenvalue weighted by molar-refractivity contribution is 7.13. The number of nitrogens with zero attached hydrogens (tertiary/aromatic N) is 3. The second-order valence-electron chi connectivity index (χ2n) is 9.85. The zero-order valence-electron chi connectivity index (χ0n) is 21.7. The summed E-state index contributed by atoms with van der Waals surface area (Å²) < 4.78 is 5.16. The first-order valence-corrected chi connectivity index (χ1v) is 14.0. The second kappa shape index (κ2) is 13.0. The zero-order chi connectivity index (χ0) is 26.2. The lowest BCUT2D eigenvalue weighted by atomic mass is 10.0. The average molecular weight is 528 g/mol. The molecule has 0 bridgehead atoms. The molecule has 0 spiro atoms. The Labute approximate surface area is 222 Å². The third-order valence-corrected chi connectivity index (χ3v) is 7.73. The van der Waals surface area contributed by atoms with Crippen LogP contribution in [0.1, 0.15) is 61.5 Å². The van der Waals surface area contributed by atoms with Gasteiger partial charge in [0.2, 0.25) is 11.8 Å². The number of rotatable bonds is 12. The maximum atomic E-state index is 13.0. The number of ether oxygens (including phenoxy) is 1. The third-order valence-electron chi connectivity index (χ3n) is 6.92. The molecular formula is C27H37N5O4S. The van der Waals surface area contributed by atoms with Crippen molar-refractivity contribution >= 4 is 34.2 Å². The predicted molar refractivity (Wildman–Crippen MR) is 144 cm³/mol. The van der Waals surface area contributed by atoms with Gasteiger partial charge in [0.05, 0.1) is 19.2 Å². The van der Waals surface area contributed by atoms with E-state index in [1.165, 1.54) is 30.6 Å². The normalized spacial score (nSPS) is 17.7. The van der Waals surface area contributed by atoms with Gasteiger partial charge < -0.3 is 25.2 Å². The number of carbonyl (C=O) groups excluding carboxylic acids is 3. The Balaban J connectivity index is 1.20. The van der Waals surface area contributed by atoms with Crippen LogP contribution < -0.4 is 15.4 Å². The predicted octanol–water partition coefficient (Wildman–Crippen LogP) is 3.32. The number of nitrogens with one attached hydrogen (secondary N) is 2. The van der Waals surface area contributed by atoms with Crippen LogP contribution in [0.2, 0.25) is 0 Å². The van der Waals surface area contributed by atoms with Crippen molar-refractivity contribution in [3.05, 3.63) is 40.9 Å². The molecule has 1 saturated carbocycles. The molecule has 37 heavy (non-hydrogen) atoms. The first-order valence-electron chi connectivity index (χ1n) is 13.1. The fraction of sp³-hybridized carbons (Fsp3) is 0.556. The fourth-order valence-corrected chi connectivity index (χ4v) is 5.36. The van der Waals surface area contributed by atoms with Crippen molar-refractivity contribution < 1.29 is 19.1 Å². The molecule has 10 heteroatoms. The Morgan fingerprint density at radius 3 is 2.62 bits per heavy atom. The summed E-state index contributed by atoms with van der Waals surface area (Å²) in [5.41, 5.74) is 1.14. The van der Waals surface area contributed by atoms with Crippen LogP contribution in [0.3, 0.4) is 0 Å². The van der Waals surface area contributed by atoms with Gasteiger partial charge in [-0.1, -0.05) is 6.42 Å². The summed E-state index contributed by atoms with van der Waals surface area (Å²) in [5, 5.41) is 7.97. The van der Waals surface area contributed by atoms with Crippen molar-refractivity contribution in [3.8, 4) is 5.75 Å². The zero-order valence-corrected chi connectivity index (χ0v) is 22.5. The molecule has 200 valence electrons. The van der Waals surface area contributed by atoms with Crippen LogP contribution >= 0.6 is 11.3 Å². The summed E-state index contributed by atoms with van der Waals surface area (Å²) in [6.07, 6.45) is 6.72. The number of hydrogen-bond acceptors (Lipinski definition) is 7. The first-order chi connectivity index (χ1) is 17.9. The number of amides is 3. The second-order valence-corrected chi connectivity index (χ2v) is 10.7. The smallest absolute Gasteiger partial charge is 0.254 e. The van der Waals surface area contributed by atoms with Crippen molar-refractivity contribution in [1.29, 1.82) is 0 Å². The standard InChI is InChI=1S/C27H37N5O4S/c1-19-6-3-4-14-31(19)15-5-13-28-24(33)16-21-18-37-27(29-21)30-25(34)17-32(22-9-10-22)26(35)20-7-11-23(36-2)12-8-20/h7-8,11-12,18-19,22H,3-6,9-10,13-17H2,1-2H3,(H,28,33)(H,29,30,34). The molecule has 1 aromatic heterocycles. The van der Waals surface area contributed by atoms with Gasteiger partial charge in [-0.15, -0.1) is 11.3 Å². The van der Waals surface area contributed by atoms with E-state index in [0.717, 1.165) is 32.4 Å². The number of thiazole rings is 1. The van der Waals surface area contributed by atoms with Gasteiger partial charge in [0.15, 0.2) is 5.13 Å². The molecule has 1 aromatic carbocycles. The Morgan fingerprint density at radius 1 is 1.14 bits per heavy atom. The minimum Gasteiger partial charge on any atom is -0.497 e. The molecule has 2 heterocycles. The molecule has 2 fully saturated rings. The molecule has 2 aliphatic rings. The van der Waals surface area contributed by atoms with Crippen LogP contribution in [-0.4, -0.2) is 77.9 Å². The van der Waals surface area contributed by atoms with Gasteiger partial charge >= 0.3 is 0 Å². The van der Waals surface area contributed by atoms with Crippen LogP contribution in [-0.2, 0) is 16.0 Å². The molecule has 1 unspecified atom stereocenters. The number of benzene rings is 1. The molecule has 2 aromatic rings.